The predicted molar refractivity (Wildman–Crippen MR) is 104 cm³/mol. The van der Waals surface area contributed by atoms with Crippen LogP contribution in [0.4, 0.5) is 0 Å². The highest BCUT2D eigenvalue weighted by molar-refractivity contribution is 6.33. The zero-order chi connectivity index (χ0) is 16.2. The third-order valence-corrected chi connectivity index (χ3v) is 4.87. The maximum absolute atomic E-state index is 2.43. The molecule has 1 aromatic rings. The largest absolute Gasteiger partial charge is 0.139 e. The number of hydrogen-bond acceptors (Lipinski definition) is 0. The summed E-state index contributed by atoms with van der Waals surface area (Å²) in [7, 11) is 2.32. The molecule has 0 aliphatic heterocycles. The van der Waals surface area contributed by atoms with E-state index in [0.717, 1.165) is 0 Å². The van der Waals surface area contributed by atoms with Gasteiger partial charge in [-0.1, -0.05) is 82.5 Å². The van der Waals surface area contributed by atoms with Crippen LogP contribution in [-0.4, -0.2) is 7.85 Å². The Hall–Kier alpha value is -0.715. The molecule has 0 fully saturated rings. The van der Waals surface area contributed by atoms with Crippen molar-refractivity contribution in [1.82, 2.24) is 0 Å². The third-order valence-electron chi connectivity index (χ3n) is 4.87. The monoisotopic (exact) mass is 300 g/mol. The first kappa shape index (κ1) is 19.3. The lowest BCUT2D eigenvalue weighted by molar-refractivity contribution is 0.679. The molecule has 0 N–H and O–H groups in total. The van der Waals surface area contributed by atoms with E-state index < -0.39 is 0 Å². The third kappa shape index (κ3) is 6.59. The van der Waals surface area contributed by atoms with E-state index in [0.29, 0.717) is 0 Å². The Morgan fingerprint density at radius 3 is 1.68 bits per heavy atom. The van der Waals surface area contributed by atoms with Gasteiger partial charge in [0, 0.05) is 0 Å². The molecule has 0 spiro atoms. The minimum atomic E-state index is 1.29. The fraction of sp³-hybridized carbons (Fsp3) is 0.714. The summed E-state index contributed by atoms with van der Waals surface area (Å²) in [5, 5.41) is 0. The van der Waals surface area contributed by atoms with E-state index >= 15 is 0 Å². The summed E-state index contributed by atoms with van der Waals surface area (Å²) in [6, 6.07) is 4.81. The fourth-order valence-corrected chi connectivity index (χ4v) is 3.42. The first-order valence-corrected chi connectivity index (χ1v) is 9.84. The summed E-state index contributed by atoms with van der Waals surface area (Å²) in [6.45, 7) is 6.91. The van der Waals surface area contributed by atoms with Gasteiger partial charge >= 0.3 is 0 Å². The summed E-state index contributed by atoms with van der Waals surface area (Å²) in [6.07, 6.45) is 16.0. The van der Waals surface area contributed by atoms with E-state index in [1.54, 1.807) is 16.7 Å². The molecular formula is C21H37B. The Balaban J connectivity index is 2.89. The van der Waals surface area contributed by atoms with Crippen LogP contribution in [-0.2, 0) is 19.3 Å². The summed E-state index contributed by atoms with van der Waals surface area (Å²) in [4.78, 5) is 0. The summed E-state index contributed by atoms with van der Waals surface area (Å²) < 4.78 is 0. The van der Waals surface area contributed by atoms with E-state index in [4.69, 9.17) is 0 Å². The van der Waals surface area contributed by atoms with E-state index in [9.17, 15) is 0 Å². The van der Waals surface area contributed by atoms with Crippen LogP contribution in [0.25, 0.3) is 0 Å². The molecule has 0 aliphatic rings. The van der Waals surface area contributed by atoms with E-state index in [-0.39, 0.29) is 0 Å². The first-order chi connectivity index (χ1) is 10.7. The Labute approximate surface area is 140 Å². The second-order valence-electron chi connectivity index (χ2n) is 6.87. The fourth-order valence-electron chi connectivity index (χ4n) is 3.42. The molecular weight excluding hydrogens is 263 g/mol. The number of rotatable bonds is 12. The minimum Gasteiger partial charge on any atom is -0.0855 e. The highest BCUT2D eigenvalue weighted by Gasteiger charge is 2.11. The van der Waals surface area contributed by atoms with Crippen molar-refractivity contribution < 1.29 is 0 Å². The minimum absolute atomic E-state index is 1.29. The van der Waals surface area contributed by atoms with Gasteiger partial charge in [-0.2, -0.15) is 0 Å². The van der Waals surface area contributed by atoms with E-state index in [2.05, 4.69) is 40.8 Å². The average molecular weight is 300 g/mol. The number of unbranched alkanes of at least 4 members (excludes halogenated alkanes) is 6. The van der Waals surface area contributed by atoms with Crippen LogP contribution in [0.1, 0.15) is 95.2 Å². The van der Waals surface area contributed by atoms with Crippen LogP contribution >= 0.6 is 0 Å². The molecule has 0 radical (unpaired) electrons. The number of hydrogen-bond donors (Lipinski definition) is 0. The Morgan fingerprint density at radius 1 is 0.636 bits per heavy atom. The van der Waals surface area contributed by atoms with Gasteiger partial charge in [-0.15, -0.1) is 0 Å². The summed E-state index contributed by atoms with van der Waals surface area (Å²) in [5.74, 6) is 0. The molecule has 0 atom stereocenters. The Morgan fingerprint density at radius 2 is 1.14 bits per heavy atom. The predicted octanol–water partition coefficient (Wildman–Crippen LogP) is 5.14. The van der Waals surface area contributed by atoms with Crippen LogP contribution in [0.2, 0.25) is 0 Å². The van der Waals surface area contributed by atoms with E-state index in [1.807, 2.05) is 0 Å². The molecule has 0 saturated carbocycles. The zero-order valence-electron chi connectivity index (χ0n) is 15.6. The van der Waals surface area contributed by atoms with Crippen molar-refractivity contribution >= 4 is 13.3 Å². The van der Waals surface area contributed by atoms with Crippen LogP contribution in [0.3, 0.4) is 0 Å². The molecule has 124 valence electrons. The zero-order valence-corrected chi connectivity index (χ0v) is 15.6. The molecule has 0 unspecified atom stereocenters. The first-order valence-electron chi connectivity index (χ1n) is 9.84. The molecule has 0 saturated heterocycles. The van der Waals surface area contributed by atoms with Gasteiger partial charge in [0.25, 0.3) is 0 Å². The molecule has 0 nitrogen and oxygen atoms in total. The molecule has 1 aromatic carbocycles. The molecule has 0 aliphatic carbocycles. The van der Waals surface area contributed by atoms with Gasteiger partial charge in [0.1, 0.15) is 7.85 Å². The summed E-state index contributed by atoms with van der Waals surface area (Å²) >= 11 is 0. The maximum atomic E-state index is 2.43. The van der Waals surface area contributed by atoms with Gasteiger partial charge in [0.15, 0.2) is 0 Å². The second-order valence-corrected chi connectivity index (χ2v) is 6.87. The van der Waals surface area contributed by atoms with Crippen molar-refractivity contribution in [1.29, 1.82) is 0 Å². The molecule has 0 aromatic heterocycles. The van der Waals surface area contributed by atoms with E-state index in [1.165, 1.54) is 82.5 Å². The number of benzene rings is 1. The number of aryl methyl sites for hydroxylation is 1. The van der Waals surface area contributed by atoms with Crippen molar-refractivity contribution in [2.75, 3.05) is 0 Å². The van der Waals surface area contributed by atoms with Crippen molar-refractivity contribution in [3.05, 3.63) is 28.8 Å². The van der Waals surface area contributed by atoms with Crippen LogP contribution < -0.4 is 5.46 Å². The highest BCUT2D eigenvalue weighted by Crippen LogP contribution is 2.21. The van der Waals surface area contributed by atoms with Crippen LogP contribution in [0.5, 0.6) is 0 Å². The van der Waals surface area contributed by atoms with Crippen molar-refractivity contribution in [3.8, 4) is 0 Å². The van der Waals surface area contributed by atoms with Gasteiger partial charge in [-0.25, -0.2) is 0 Å². The van der Waals surface area contributed by atoms with Crippen molar-refractivity contribution in [3.63, 3.8) is 0 Å². The quantitative estimate of drug-likeness (QED) is 0.370. The van der Waals surface area contributed by atoms with Crippen molar-refractivity contribution in [2.45, 2.75) is 97.8 Å². The van der Waals surface area contributed by atoms with Crippen LogP contribution in [0, 0.1) is 0 Å². The normalized spacial score (nSPS) is 11.0. The Kier molecular flexibility index (Phi) is 10.4. The molecule has 0 heterocycles. The lowest BCUT2D eigenvalue weighted by atomic mass is 9.81. The molecule has 1 heteroatoms. The van der Waals surface area contributed by atoms with Gasteiger partial charge in [0.2, 0.25) is 0 Å². The maximum Gasteiger partial charge on any atom is 0.139 e. The molecule has 0 bridgehead atoms. The average Bonchev–Trinajstić information content (AvgIpc) is 2.52. The molecule has 22 heavy (non-hydrogen) atoms. The van der Waals surface area contributed by atoms with Crippen molar-refractivity contribution in [2.24, 2.45) is 0 Å². The lowest BCUT2D eigenvalue weighted by Gasteiger charge is -2.18. The Bertz CT molecular complexity index is 409. The second kappa shape index (κ2) is 11.8. The topological polar surface area (TPSA) is 0 Å². The van der Waals surface area contributed by atoms with Gasteiger partial charge in [-0.3, -0.25) is 0 Å². The molecule has 0 amide bonds. The van der Waals surface area contributed by atoms with Crippen LogP contribution in [0.15, 0.2) is 12.1 Å². The van der Waals surface area contributed by atoms with Gasteiger partial charge in [-0.05, 0) is 49.7 Å². The lowest BCUT2D eigenvalue weighted by Crippen LogP contribution is -2.16. The van der Waals surface area contributed by atoms with Gasteiger partial charge in [0.05, 0.1) is 0 Å². The standard InChI is InChI=1S/C21H37B/c1-4-7-10-13-18-16-17-21(22)20(15-12-9-6-3)19(18)14-11-8-5-2/h16-17H,4-15,22H2,1-3H3. The SMILES string of the molecule is Bc1ccc(CCCCC)c(CCCCC)c1CCCCC. The van der Waals surface area contributed by atoms with Gasteiger partial charge < -0.3 is 0 Å². The molecule has 1 rings (SSSR count). The summed E-state index contributed by atoms with van der Waals surface area (Å²) in [5.41, 5.74) is 6.60. The smallest absolute Gasteiger partial charge is 0.0855 e. The highest BCUT2D eigenvalue weighted by atomic mass is 14.1.